The van der Waals surface area contributed by atoms with Gasteiger partial charge in [0.05, 0.1) is 5.60 Å². The van der Waals surface area contributed by atoms with Crippen LogP contribution in [0.4, 0.5) is 0 Å². The Morgan fingerprint density at radius 2 is 1.67 bits per heavy atom. The van der Waals surface area contributed by atoms with Crippen molar-refractivity contribution >= 4 is 0 Å². The van der Waals surface area contributed by atoms with Crippen molar-refractivity contribution in [3.8, 4) is 0 Å². The highest BCUT2D eigenvalue weighted by atomic mass is 16.3. The largest absolute Gasteiger partial charge is 0.389 e. The van der Waals surface area contributed by atoms with Crippen molar-refractivity contribution in [1.82, 2.24) is 0 Å². The zero-order chi connectivity index (χ0) is 11.7. The number of hydrogen-bond acceptors (Lipinski definition) is 1. The van der Waals surface area contributed by atoms with Gasteiger partial charge in [0.2, 0.25) is 0 Å². The van der Waals surface area contributed by atoms with Crippen molar-refractivity contribution < 1.29 is 5.11 Å². The third-order valence-corrected chi connectivity index (χ3v) is 2.84. The first-order valence-corrected chi connectivity index (χ1v) is 5.69. The summed E-state index contributed by atoms with van der Waals surface area (Å²) < 4.78 is 0. The smallest absolute Gasteiger partial charge is 0.0747 e. The Bertz CT molecular complexity index is 195. The minimum atomic E-state index is -0.687. The molecule has 0 aliphatic heterocycles. The summed E-state index contributed by atoms with van der Waals surface area (Å²) in [6, 6.07) is 0. The summed E-state index contributed by atoms with van der Waals surface area (Å²) in [5.74, 6) is 0.260. The highest BCUT2D eigenvalue weighted by Gasteiger charge is 2.32. The van der Waals surface area contributed by atoms with E-state index in [0.29, 0.717) is 12.8 Å². The highest BCUT2D eigenvalue weighted by Crippen LogP contribution is 2.32. The molecule has 1 unspecified atom stereocenters. The van der Waals surface area contributed by atoms with Crippen LogP contribution < -0.4 is 0 Å². The lowest BCUT2D eigenvalue weighted by Gasteiger charge is -2.34. The maximum atomic E-state index is 10.5. The van der Waals surface area contributed by atoms with Crippen LogP contribution in [0.15, 0.2) is 38.0 Å². The summed E-state index contributed by atoms with van der Waals surface area (Å²) in [5.41, 5.74) is -0.687. The van der Waals surface area contributed by atoms with Crippen LogP contribution in [0.5, 0.6) is 0 Å². The molecular weight excluding hydrogens is 184 g/mol. The molecule has 86 valence electrons. The molecule has 0 heterocycles. The van der Waals surface area contributed by atoms with E-state index < -0.39 is 5.60 Å². The molecule has 0 aromatic rings. The summed E-state index contributed by atoms with van der Waals surface area (Å²) in [6.45, 7) is 13.3. The quantitative estimate of drug-likeness (QED) is 0.570. The van der Waals surface area contributed by atoms with Gasteiger partial charge in [0.1, 0.15) is 0 Å². The molecule has 0 fully saturated rings. The molecule has 1 nitrogen and oxygen atoms in total. The average Bonchev–Trinajstić information content (AvgIpc) is 2.18. The van der Waals surface area contributed by atoms with Crippen LogP contribution in [-0.2, 0) is 0 Å². The van der Waals surface area contributed by atoms with Crippen LogP contribution in [-0.4, -0.2) is 10.7 Å². The van der Waals surface area contributed by atoms with E-state index in [2.05, 4.69) is 26.7 Å². The van der Waals surface area contributed by atoms with Crippen molar-refractivity contribution in [3.63, 3.8) is 0 Å². The van der Waals surface area contributed by atoms with E-state index in [1.54, 1.807) is 12.2 Å². The van der Waals surface area contributed by atoms with Crippen LogP contribution in [0.3, 0.4) is 0 Å². The lowest BCUT2D eigenvalue weighted by atomic mass is 9.77. The van der Waals surface area contributed by atoms with Gasteiger partial charge >= 0.3 is 0 Å². The van der Waals surface area contributed by atoms with Crippen molar-refractivity contribution in [2.75, 3.05) is 0 Å². The summed E-state index contributed by atoms with van der Waals surface area (Å²) >= 11 is 0. The van der Waals surface area contributed by atoms with E-state index in [9.17, 15) is 5.11 Å². The molecule has 0 amide bonds. The zero-order valence-electron chi connectivity index (χ0n) is 9.91. The maximum absolute atomic E-state index is 10.5. The molecular formula is C14H24O. The second-order valence-electron chi connectivity index (χ2n) is 4.10. The first-order chi connectivity index (χ1) is 7.14. The molecule has 0 saturated carbocycles. The molecule has 0 saturated heterocycles. The average molecular weight is 208 g/mol. The molecule has 0 aliphatic rings. The van der Waals surface area contributed by atoms with Gasteiger partial charge in [-0.05, 0) is 31.6 Å². The number of hydrogen-bond donors (Lipinski definition) is 1. The predicted molar refractivity (Wildman–Crippen MR) is 67.8 cm³/mol. The Morgan fingerprint density at radius 3 is 2.00 bits per heavy atom. The van der Waals surface area contributed by atoms with Crippen LogP contribution in [0.2, 0.25) is 0 Å². The van der Waals surface area contributed by atoms with Gasteiger partial charge in [0.25, 0.3) is 0 Å². The Labute approximate surface area is 94.2 Å². The van der Waals surface area contributed by atoms with E-state index in [1.165, 1.54) is 0 Å². The normalized spacial score (nSPS) is 13.2. The lowest BCUT2D eigenvalue weighted by Crippen LogP contribution is -2.36. The fourth-order valence-corrected chi connectivity index (χ4v) is 2.07. The molecule has 0 aromatic heterocycles. The Balaban J connectivity index is 4.69. The van der Waals surface area contributed by atoms with Crippen LogP contribution >= 0.6 is 0 Å². The van der Waals surface area contributed by atoms with E-state index in [0.717, 1.165) is 19.3 Å². The van der Waals surface area contributed by atoms with Crippen LogP contribution in [0, 0.1) is 5.92 Å². The zero-order valence-corrected chi connectivity index (χ0v) is 9.91. The van der Waals surface area contributed by atoms with E-state index in [1.807, 2.05) is 6.08 Å². The minimum absolute atomic E-state index is 0.260. The SMILES string of the molecule is C=CCC(CCC)C(O)(CC=C)CC=C. The molecule has 0 aliphatic carbocycles. The molecule has 1 N–H and O–H groups in total. The third-order valence-electron chi connectivity index (χ3n) is 2.84. The van der Waals surface area contributed by atoms with Gasteiger partial charge in [-0.25, -0.2) is 0 Å². The van der Waals surface area contributed by atoms with Gasteiger partial charge < -0.3 is 5.11 Å². The first kappa shape index (κ1) is 14.2. The van der Waals surface area contributed by atoms with E-state index in [-0.39, 0.29) is 5.92 Å². The molecule has 1 atom stereocenters. The Hall–Kier alpha value is -0.820. The van der Waals surface area contributed by atoms with E-state index >= 15 is 0 Å². The second kappa shape index (κ2) is 7.47. The number of rotatable bonds is 9. The summed E-state index contributed by atoms with van der Waals surface area (Å²) in [4.78, 5) is 0. The van der Waals surface area contributed by atoms with Gasteiger partial charge in [-0.2, -0.15) is 0 Å². The molecule has 0 aromatic carbocycles. The summed E-state index contributed by atoms with van der Waals surface area (Å²) in [5, 5.41) is 10.5. The summed E-state index contributed by atoms with van der Waals surface area (Å²) in [6.07, 6.45) is 9.66. The van der Waals surface area contributed by atoms with Crippen LogP contribution in [0.25, 0.3) is 0 Å². The molecule has 0 radical (unpaired) electrons. The third kappa shape index (κ3) is 4.48. The van der Waals surface area contributed by atoms with Crippen molar-refractivity contribution in [1.29, 1.82) is 0 Å². The van der Waals surface area contributed by atoms with Gasteiger partial charge in [-0.1, -0.05) is 31.6 Å². The maximum Gasteiger partial charge on any atom is 0.0747 e. The molecule has 1 heteroatoms. The molecule has 15 heavy (non-hydrogen) atoms. The van der Waals surface area contributed by atoms with Crippen LogP contribution in [0.1, 0.15) is 39.0 Å². The lowest BCUT2D eigenvalue weighted by molar-refractivity contribution is -0.0162. The van der Waals surface area contributed by atoms with Gasteiger partial charge in [0, 0.05) is 0 Å². The fourth-order valence-electron chi connectivity index (χ4n) is 2.07. The topological polar surface area (TPSA) is 20.2 Å². The Morgan fingerprint density at radius 1 is 1.13 bits per heavy atom. The van der Waals surface area contributed by atoms with Crippen molar-refractivity contribution in [2.24, 2.45) is 5.92 Å². The van der Waals surface area contributed by atoms with Gasteiger partial charge in [-0.15, -0.1) is 19.7 Å². The Kier molecular flexibility index (Phi) is 7.06. The molecule has 0 bridgehead atoms. The summed E-state index contributed by atoms with van der Waals surface area (Å²) in [7, 11) is 0. The minimum Gasteiger partial charge on any atom is -0.389 e. The monoisotopic (exact) mass is 208 g/mol. The number of aliphatic hydroxyl groups is 1. The van der Waals surface area contributed by atoms with Gasteiger partial charge in [-0.3, -0.25) is 0 Å². The van der Waals surface area contributed by atoms with E-state index in [4.69, 9.17) is 0 Å². The van der Waals surface area contributed by atoms with Crippen molar-refractivity contribution in [3.05, 3.63) is 38.0 Å². The molecule has 0 spiro atoms. The van der Waals surface area contributed by atoms with Crippen molar-refractivity contribution in [2.45, 2.75) is 44.6 Å². The highest BCUT2D eigenvalue weighted by molar-refractivity contribution is 4.98. The fraction of sp³-hybridized carbons (Fsp3) is 0.571. The standard InChI is InChI=1S/C14H24O/c1-5-9-13(10-6-2)14(15,11-7-3)12-8-4/h5,7-8,13,15H,1,3-4,6,9-12H2,2H3. The number of allylic oxidation sites excluding steroid dienone is 1. The molecule has 0 rings (SSSR count). The van der Waals surface area contributed by atoms with Gasteiger partial charge in [0.15, 0.2) is 0 Å². The second-order valence-corrected chi connectivity index (χ2v) is 4.10. The predicted octanol–water partition coefficient (Wildman–Crippen LogP) is 3.86. The first-order valence-electron chi connectivity index (χ1n) is 5.69.